The topological polar surface area (TPSA) is 53.1 Å². The molecular weight excluding hydrogens is 226 g/mol. The number of hydrogen-bond donors (Lipinski definition) is 1. The van der Waals surface area contributed by atoms with Crippen LogP contribution in [0.25, 0.3) is 0 Å². The fourth-order valence-electron chi connectivity index (χ4n) is 2.91. The van der Waals surface area contributed by atoms with E-state index in [2.05, 4.69) is 11.5 Å². The molecule has 3 rings (SSSR count). The van der Waals surface area contributed by atoms with Crippen molar-refractivity contribution in [1.82, 2.24) is 9.55 Å². The van der Waals surface area contributed by atoms with Gasteiger partial charge in [0.2, 0.25) is 0 Å². The molecule has 2 fully saturated rings. The Morgan fingerprint density at radius 1 is 1.39 bits per heavy atom. The van der Waals surface area contributed by atoms with Crippen LogP contribution in [0.15, 0.2) is 0 Å². The zero-order valence-corrected chi connectivity index (χ0v) is 11.2. The lowest BCUT2D eigenvalue weighted by atomic mass is 9.98. The van der Waals surface area contributed by atoms with Crippen LogP contribution in [-0.2, 0) is 11.2 Å². The van der Waals surface area contributed by atoms with Crippen LogP contribution >= 0.6 is 0 Å². The number of hydrogen-bond acceptors (Lipinski definition) is 3. The average molecular weight is 249 g/mol. The molecule has 100 valence electrons. The van der Waals surface area contributed by atoms with Gasteiger partial charge in [0.1, 0.15) is 11.6 Å². The van der Waals surface area contributed by atoms with Crippen LogP contribution in [0, 0.1) is 0 Å². The van der Waals surface area contributed by atoms with Crippen molar-refractivity contribution in [1.29, 1.82) is 0 Å². The number of ether oxygens (including phenoxy) is 1. The van der Waals surface area contributed by atoms with Crippen molar-refractivity contribution in [2.75, 3.05) is 18.9 Å². The number of nitrogen functional groups attached to an aromatic ring is 1. The predicted molar refractivity (Wildman–Crippen MR) is 71.7 cm³/mol. The SMILES string of the molecule is CCCc1nc(C2CCCOC2)c(N)n1C1CC1. The molecule has 0 radical (unpaired) electrons. The molecule has 0 bridgehead atoms. The highest BCUT2D eigenvalue weighted by molar-refractivity contribution is 5.42. The summed E-state index contributed by atoms with van der Waals surface area (Å²) in [5.41, 5.74) is 7.45. The summed E-state index contributed by atoms with van der Waals surface area (Å²) in [6.07, 6.45) is 6.98. The summed E-state index contributed by atoms with van der Waals surface area (Å²) >= 11 is 0. The van der Waals surface area contributed by atoms with Crippen LogP contribution in [0.2, 0.25) is 0 Å². The molecule has 1 aliphatic carbocycles. The molecule has 18 heavy (non-hydrogen) atoms. The molecule has 1 saturated carbocycles. The molecule has 1 saturated heterocycles. The fraction of sp³-hybridized carbons (Fsp3) is 0.786. The molecule has 2 aliphatic rings. The van der Waals surface area contributed by atoms with Crippen LogP contribution in [0.5, 0.6) is 0 Å². The minimum Gasteiger partial charge on any atom is -0.384 e. The van der Waals surface area contributed by atoms with E-state index >= 15 is 0 Å². The second-order valence-electron chi connectivity index (χ2n) is 5.56. The Balaban J connectivity index is 1.91. The van der Waals surface area contributed by atoms with Gasteiger partial charge in [0.05, 0.1) is 12.3 Å². The van der Waals surface area contributed by atoms with Gasteiger partial charge in [0.15, 0.2) is 0 Å². The molecule has 1 aromatic heterocycles. The standard InChI is InChI=1S/C14H23N3O/c1-2-4-12-16-13(10-5-3-8-18-9-10)14(15)17(12)11-6-7-11/h10-11H,2-9,15H2,1H3. The summed E-state index contributed by atoms with van der Waals surface area (Å²) < 4.78 is 7.87. The van der Waals surface area contributed by atoms with Crippen molar-refractivity contribution < 1.29 is 4.74 Å². The van der Waals surface area contributed by atoms with Gasteiger partial charge in [-0.3, -0.25) is 0 Å². The first-order chi connectivity index (χ1) is 8.81. The molecule has 0 aromatic carbocycles. The Bertz CT molecular complexity index is 417. The van der Waals surface area contributed by atoms with Gasteiger partial charge >= 0.3 is 0 Å². The number of imidazole rings is 1. The highest BCUT2D eigenvalue weighted by atomic mass is 16.5. The molecule has 2 heterocycles. The van der Waals surface area contributed by atoms with Crippen LogP contribution < -0.4 is 5.73 Å². The summed E-state index contributed by atoms with van der Waals surface area (Å²) in [5.74, 6) is 2.52. The lowest BCUT2D eigenvalue weighted by Crippen LogP contribution is -2.17. The molecule has 2 N–H and O–H groups in total. The van der Waals surface area contributed by atoms with Gasteiger partial charge in [0, 0.05) is 25.0 Å². The largest absolute Gasteiger partial charge is 0.384 e. The number of aromatic nitrogens is 2. The van der Waals surface area contributed by atoms with E-state index in [0.717, 1.165) is 50.4 Å². The number of nitrogens with two attached hydrogens (primary N) is 1. The van der Waals surface area contributed by atoms with Crippen molar-refractivity contribution in [3.63, 3.8) is 0 Å². The minimum absolute atomic E-state index is 0.411. The van der Waals surface area contributed by atoms with Gasteiger partial charge in [-0.05, 0) is 32.1 Å². The number of nitrogens with zero attached hydrogens (tertiary/aromatic N) is 2. The third kappa shape index (κ3) is 2.14. The average Bonchev–Trinajstić information content (AvgIpc) is 3.17. The minimum atomic E-state index is 0.411. The normalized spacial score (nSPS) is 24.4. The van der Waals surface area contributed by atoms with E-state index in [4.69, 9.17) is 15.5 Å². The maximum absolute atomic E-state index is 6.35. The summed E-state index contributed by atoms with van der Waals surface area (Å²) in [6.45, 7) is 3.88. The molecule has 1 aliphatic heterocycles. The Kier molecular flexibility index (Phi) is 3.29. The zero-order valence-electron chi connectivity index (χ0n) is 11.2. The quantitative estimate of drug-likeness (QED) is 0.892. The van der Waals surface area contributed by atoms with Gasteiger partial charge in [-0.1, -0.05) is 6.92 Å². The summed E-state index contributed by atoms with van der Waals surface area (Å²) in [6, 6.07) is 0.623. The van der Waals surface area contributed by atoms with E-state index in [1.54, 1.807) is 0 Å². The number of aryl methyl sites for hydroxylation is 1. The maximum atomic E-state index is 6.35. The molecule has 1 atom stereocenters. The highest BCUT2D eigenvalue weighted by Crippen LogP contribution is 2.41. The third-order valence-electron chi connectivity index (χ3n) is 3.98. The second kappa shape index (κ2) is 4.92. The van der Waals surface area contributed by atoms with E-state index in [9.17, 15) is 0 Å². The van der Waals surface area contributed by atoms with E-state index in [1.807, 2.05) is 0 Å². The maximum Gasteiger partial charge on any atom is 0.127 e. The lowest BCUT2D eigenvalue weighted by molar-refractivity contribution is 0.0796. The van der Waals surface area contributed by atoms with Gasteiger partial charge < -0.3 is 15.0 Å². The van der Waals surface area contributed by atoms with Crippen LogP contribution in [0.4, 0.5) is 5.82 Å². The molecule has 1 unspecified atom stereocenters. The monoisotopic (exact) mass is 249 g/mol. The highest BCUT2D eigenvalue weighted by Gasteiger charge is 2.31. The second-order valence-corrected chi connectivity index (χ2v) is 5.56. The third-order valence-corrected chi connectivity index (χ3v) is 3.98. The van der Waals surface area contributed by atoms with Gasteiger partial charge in [-0.2, -0.15) is 0 Å². The Hall–Kier alpha value is -1.03. The Morgan fingerprint density at radius 2 is 2.22 bits per heavy atom. The molecular formula is C14H23N3O. The fourth-order valence-corrected chi connectivity index (χ4v) is 2.91. The van der Waals surface area contributed by atoms with Gasteiger partial charge in [-0.25, -0.2) is 4.98 Å². The predicted octanol–water partition coefficient (Wildman–Crippen LogP) is 2.65. The zero-order chi connectivity index (χ0) is 12.5. The molecule has 0 spiro atoms. The van der Waals surface area contributed by atoms with Gasteiger partial charge in [-0.15, -0.1) is 0 Å². The molecule has 4 heteroatoms. The molecule has 4 nitrogen and oxygen atoms in total. The van der Waals surface area contributed by atoms with Crippen molar-refractivity contribution in [2.45, 2.75) is 57.4 Å². The van der Waals surface area contributed by atoms with E-state index in [-0.39, 0.29) is 0 Å². The van der Waals surface area contributed by atoms with Crippen LogP contribution in [0.3, 0.4) is 0 Å². The van der Waals surface area contributed by atoms with Crippen molar-refractivity contribution >= 4 is 5.82 Å². The lowest BCUT2D eigenvalue weighted by Gasteiger charge is -2.21. The first-order valence-electron chi connectivity index (χ1n) is 7.25. The van der Waals surface area contributed by atoms with E-state index in [1.165, 1.54) is 18.7 Å². The molecule has 1 aromatic rings. The number of rotatable bonds is 4. The van der Waals surface area contributed by atoms with Crippen molar-refractivity contribution in [3.8, 4) is 0 Å². The number of anilines is 1. The van der Waals surface area contributed by atoms with Crippen LogP contribution in [0.1, 0.15) is 62.5 Å². The smallest absolute Gasteiger partial charge is 0.127 e. The van der Waals surface area contributed by atoms with E-state index < -0.39 is 0 Å². The Morgan fingerprint density at radius 3 is 2.83 bits per heavy atom. The van der Waals surface area contributed by atoms with Crippen LogP contribution in [-0.4, -0.2) is 22.8 Å². The van der Waals surface area contributed by atoms with E-state index in [0.29, 0.717) is 12.0 Å². The van der Waals surface area contributed by atoms with Gasteiger partial charge in [0.25, 0.3) is 0 Å². The Labute approximate surface area is 109 Å². The van der Waals surface area contributed by atoms with Crippen molar-refractivity contribution in [3.05, 3.63) is 11.5 Å². The summed E-state index contributed by atoms with van der Waals surface area (Å²) in [7, 11) is 0. The first kappa shape index (κ1) is 12.0. The summed E-state index contributed by atoms with van der Waals surface area (Å²) in [5, 5.41) is 0. The van der Waals surface area contributed by atoms with Crippen molar-refractivity contribution in [2.24, 2.45) is 0 Å². The first-order valence-corrected chi connectivity index (χ1v) is 7.25. The molecule has 0 amide bonds. The summed E-state index contributed by atoms with van der Waals surface area (Å²) in [4.78, 5) is 4.84.